The SMILES string of the molecule is COC1CN(C(=O)OC(C)(C)C)CCC1NC(=O)c1nc(Cl)c(C)[nH]1. The molecular weight excluding hydrogens is 348 g/mol. The summed E-state index contributed by atoms with van der Waals surface area (Å²) < 4.78 is 10.8. The van der Waals surface area contributed by atoms with E-state index >= 15 is 0 Å². The average molecular weight is 373 g/mol. The number of likely N-dealkylation sites (tertiary alicyclic amines) is 1. The second kappa shape index (κ2) is 7.61. The van der Waals surface area contributed by atoms with Crippen molar-refractivity contribution >= 4 is 23.6 Å². The van der Waals surface area contributed by atoms with Gasteiger partial charge >= 0.3 is 6.09 Å². The first-order chi connectivity index (χ1) is 11.6. The number of halogens is 1. The predicted molar refractivity (Wildman–Crippen MR) is 92.8 cm³/mol. The molecule has 2 atom stereocenters. The standard InChI is InChI=1S/C16H25ClN4O4/c1-9-12(17)20-13(18-9)14(22)19-10-6-7-21(8-11(10)24-5)15(23)25-16(2,3)4/h10-11H,6-8H2,1-5H3,(H,18,20)(H,19,22). The first kappa shape index (κ1) is 19.5. The van der Waals surface area contributed by atoms with Crippen LogP contribution in [0.4, 0.5) is 4.79 Å². The molecule has 2 amide bonds. The Morgan fingerprint density at radius 1 is 1.40 bits per heavy atom. The summed E-state index contributed by atoms with van der Waals surface area (Å²) in [4.78, 5) is 32.9. The molecule has 9 heteroatoms. The summed E-state index contributed by atoms with van der Waals surface area (Å²) in [6.45, 7) is 8.02. The molecule has 25 heavy (non-hydrogen) atoms. The molecule has 2 heterocycles. The summed E-state index contributed by atoms with van der Waals surface area (Å²) in [5, 5.41) is 3.16. The number of methoxy groups -OCH3 is 1. The number of nitrogens with zero attached hydrogens (tertiary/aromatic N) is 2. The van der Waals surface area contributed by atoms with E-state index in [0.717, 1.165) is 0 Å². The van der Waals surface area contributed by atoms with Crippen LogP contribution >= 0.6 is 11.6 Å². The van der Waals surface area contributed by atoms with E-state index in [9.17, 15) is 9.59 Å². The molecule has 0 aromatic carbocycles. The fraction of sp³-hybridized carbons (Fsp3) is 0.688. The van der Waals surface area contributed by atoms with Crippen LogP contribution in [0.2, 0.25) is 5.15 Å². The number of piperidine rings is 1. The molecular formula is C16H25ClN4O4. The molecule has 1 aliphatic rings. The maximum Gasteiger partial charge on any atom is 0.410 e. The van der Waals surface area contributed by atoms with Crippen LogP contribution in [-0.2, 0) is 9.47 Å². The van der Waals surface area contributed by atoms with E-state index in [4.69, 9.17) is 21.1 Å². The summed E-state index contributed by atoms with van der Waals surface area (Å²) in [6, 6.07) is -0.236. The first-order valence-corrected chi connectivity index (χ1v) is 8.52. The molecule has 1 saturated heterocycles. The second-order valence-corrected chi connectivity index (χ2v) is 7.43. The van der Waals surface area contributed by atoms with E-state index < -0.39 is 5.60 Å². The molecule has 8 nitrogen and oxygen atoms in total. The minimum atomic E-state index is -0.554. The first-order valence-electron chi connectivity index (χ1n) is 8.14. The number of rotatable bonds is 3. The molecule has 140 valence electrons. The van der Waals surface area contributed by atoms with Crippen LogP contribution < -0.4 is 5.32 Å². The number of nitrogens with one attached hydrogen (secondary N) is 2. The number of ether oxygens (including phenoxy) is 2. The van der Waals surface area contributed by atoms with Crippen molar-refractivity contribution in [2.24, 2.45) is 0 Å². The largest absolute Gasteiger partial charge is 0.444 e. The molecule has 0 spiro atoms. The highest BCUT2D eigenvalue weighted by molar-refractivity contribution is 6.30. The molecule has 2 unspecified atom stereocenters. The lowest BCUT2D eigenvalue weighted by molar-refractivity contribution is -0.0172. The normalized spacial score (nSPS) is 21.1. The highest BCUT2D eigenvalue weighted by Gasteiger charge is 2.35. The third kappa shape index (κ3) is 5.09. The van der Waals surface area contributed by atoms with Gasteiger partial charge in [-0.15, -0.1) is 0 Å². The number of aromatic nitrogens is 2. The zero-order valence-electron chi connectivity index (χ0n) is 15.2. The molecule has 1 aliphatic heterocycles. The average Bonchev–Trinajstić information content (AvgIpc) is 2.85. The van der Waals surface area contributed by atoms with Gasteiger partial charge in [-0.25, -0.2) is 9.78 Å². The Balaban J connectivity index is 1.97. The molecule has 2 rings (SSSR count). The van der Waals surface area contributed by atoms with Crippen LogP contribution in [0, 0.1) is 6.92 Å². The zero-order chi connectivity index (χ0) is 18.8. The number of H-pyrrole nitrogens is 1. The van der Waals surface area contributed by atoms with Crippen LogP contribution in [0.3, 0.4) is 0 Å². The van der Waals surface area contributed by atoms with Crippen molar-refractivity contribution in [3.8, 4) is 0 Å². The van der Waals surface area contributed by atoms with Crippen molar-refractivity contribution in [3.63, 3.8) is 0 Å². The Kier molecular flexibility index (Phi) is 5.95. The van der Waals surface area contributed by atoms with Crippen molar-refractivity contribution in [2.45, 2.75) is 51.9 Å². The van der Waals surface area contributed by atoms with Gasteiger partial charge in [-0.2, -0.15) is 0 Å². The number of imidazole rings is 1. The lowest BCUT2D eigenvalue weighted by Crippen LogP contribution is -2.56. The smallest absolute Gasteiger partial charge is 0.410 e. The van der Waals surface area contributed by atoms with Gasteiger partial charge in [0.25, 0.3) is 5.91 Å². The van der Waals surface area contributed by atoms with Gasteiger partial charge in [0.05, 0.1) is 24.4 Å². The van der Waals surface area contributed by atoms with Gasteiger partial charge in [0.2, 0.25) is 0 Å². The number of hydrogen-bond donors (Lipinski definition) is 2. The summed E-state index contributed by atoms with van der Waals surface area (Å²) in [6.07, 6.45) is -0.166. The fourth-order valence-electron chi connectivity index (χ4n) is 2.60. The zero-order valence-corrected chi connectivity index (χ0v) is 15.9. The van der Waals surface area contributed by atoms with E-state index in [1.807, 2.05) is 20.8 Å². The van der Waals surface area contributed by atoms with E-state index in [1.54, 1.807) is 18.9 Å². The fourth-order valence-corrected chi connectivity index (χ4v) is 2.73. The third-order valence-electron chi connectivity index (χ3n) is 3.87. The summed E-state index contributed by atoms with van der Waals surface area (Å²) in [5.41, 5.74) is 0.0797. The number of hydrogen-bond acceptors (Lipinski definition) is 5. The van der Waals surface area contributed by atoms with E-state index in [2.05, 4.69) is 15.3 Å². The Morgan fingerprint density at radius 2 is 2.08 bits per heavy atom. The Bertz CT molecular complexity index is 621. The van der Waals surface area contributed by atoms with Crippen molar-refractivity contribution < 1.29 is 19.1 Å². The number of aromatic amines is 1. The van der Waals surface area contributed by atoms with Gasteiger partial charge in [-0.1, -0.05) is 11.6 Å². The number of aryl methyl sites for hydroxylation is 1. The Hall–Kier alpha value is -1.80. The Labute approximate surface area is 152 Å². The second-order valence-electron chi connectivity index (χ2n) is 7.07. The highest BCUT2D eigenvalue weighted by atomic mass is 35.5. The molecule has 0 radical (unpaired) electrons. The van der Waals surface area contributed by atoms with Crippen molar-refractivity contribution in [1.82, 2.24) is 20.2 Å². The minimum Gasteiger partial charge on any atom is -0.444 e. The van der Waals surface area contributed by atoms with Crippen LogP contribution in [0.5, 0.6) is 0 Å². The summed E-state index contributed by atoms with van der Waals surface area (Å²) >= 11 is 5.87. The lowest BCUT2D eigenvalue weighted by Gasteiger charge is -2.38. The number of amides is 2. The topological polar surface area (TPSA) is 96.6 Å². The summed E-state index contributed by atoms with van der Waals surface area (Å²) in [7, 11) is 1.55. The van der Waals surface area contributed by atoms with Crippen LogP contribution in [0.15, 0.2) is 0 Å². The van der Waals surface area contributed by atoms with E-state index in [0.29, 0.717) is 25.2 Å². The highest BCUT2D eigenvalue weighted by Crippen LogP contribution is 2.18. The number of carbonyl (C=O) groups is 2. The third-order valence-corrected chi connectivity index (χ3v) is 4.24. The van der Waals surface area contributed by atoms with E-state index in [-0.39, 0.29) is 35.1 Å². The number of carbonyl (C=O) groups excluding carboxylic acids is 2. The Morgan fingerprint density at radius 3 is 2.60 bits per heavy atom. The van der Waals surface area contributed by atoms with E-state index in [1.165, 1.54) is 0 Å². The van der Waals surface area contributed by atoms with Gasteiger partial charge in [0.15, 0.2) is 11.0 Å². The molecule has 0 bridgehead atoms. The van der Waals surface area contributed by atoms with Gasteiger partial charge in [-0.05, 0) is 34.1 Å². The molecule has 0 saturated carbocycles. The molecule has 1 aromatic rings. The quantitative estimate of drug-likeness (QED) is 0.847. The van der Waals surface area contributed by atoms with Crippen LogP contribution in [-0.4, -0.2) is 64.8 Å². The van der Waals surface area contributed by atoms with Crippen molar-refractivity contribution in [3.05, 3.63) is 16.7 Å². The predicted octanol–water partition coefficient (Wildman–Crippen LogP) is 2.13. The monoisotopic (exact) mass is 372 g/mol. The van der Waals surface area contributed by atoms with Crippen LogP contribution in [0.25, 0.3) is 0 Å². The lowest BCUT2D eigenvalue weighted by atomic mass is 10.0. The molecule has 2 N–H and O–H groups in total. The minimum absolute atomic E-state index is 0.159. The molecule has 1 aromatic heterocycles. The summed E-state index contributed by atoms with van der Waals surface area (Å²) in [5.74, 6) is -0.195. The maximum atomic E-state index is 12.3. The van der Waals surface area contributed by atoms with Gasteiger partial charge in [0.1, 0.15) is 5.60 Å². The van der Waals surface area contributed by atoms with Gasteiger partial charge in [-0.3, -0.25) is 4.79 Å². The van der Waals surface area contributed by atoms with Crippen molar-refractivity contribution in [1.29, 1.82) is 0 Å². The van der Waals surface area contributed by atoms with Gasteiger partial charge < -0.3 is 24.7 Å². The van der Waals surface area contributed by atoms with Crippen molar-refractivity contribution in [2.75, 3.05) is 20.2 Å². The molecule has 0 aliphatic carbocycles. The van der Waals surface area contributed by atoms with Crippen LogP contribution in [0.1, 0.15) is 43.5 Å². The van der Waals surface area contributed by atoms with Gasteiger partial charge in [0, 0.05) is 13.7 Å². The molecule has 1 fully saturated rings. The maximum absolute atomic E-state index is 12.3.